The highest BCUT2D eigenvalue weighted by molar-refractivity contribution is 7.03. The van der Waals surface area contributed by atoms with E-state index >= 15 is 0 Å². The summed E-state index contributed by atoms with van der Waals surface area (Å²) in [7, 11) is 1.85. The fourth-order valence-corrected chi connectivity index (χ4v) is 5.24. The summed E-state index contributed by atoms with van der Waals surface area (Å²) in [5.41, 5.74) is 1.71. The number of alkyl halides is 2. The van der Waals surface area contributed by atoms with E-state index in [1.807, 2.05) is 25.4 Å². The van der Waals surface area contributed by atoms with Crippen LogP contribution >= 0.6 is 11.5 Å². The Bertz CT molecular complexity index is 853. The van der Waals surface area contributed by atoms with Crippen LogP contribution in [0.5, 0.6) is 0 Å². The molecular formula is C19H25F2N5OS. The molecule has 0 saturated carbocycles. The topological polar surface area (TPSA) is 54.3 Å². The molecule has 4 heterocycles. The first-order valence-electron chi connectivity index (χ1n) is 9.54. The lowest BCUT2D eigenvalue weighted by atomic mass is 9.71. The predicted molar refractivity (Wildman–Crippen MR) is 102 cm³/mol. The molecule has 6 nitrogen and oxygen atoms in total. The van der Waals surface area contributed by atoms with Gasteiger partial charge >= 0.3 is 0 Å². The van der Waals surface area contributed by atoms with E-state index < -0.39 is 11.3 Å². The number of aryl methyl sites for hydroxylation is 2. The maximum atomic E-state index is 14.7. The summed E-state index contributed by atoms with van der Waals surface area (Å²) < 4.78 is 35.2. The van der Waals surface area contributed by atoms with Crippen LogP contribution in [0.1, 0.15) is 36.2 Å². The van der Waals surface area contributed by atoms with Gasteiger partial charge in [0.05, 0.1) is 29.9 Å². The normalized spacial score (nSPS) is 25.6. The van der Waals surface area contributed by atoms with Crippen LogP contribution in [0.2, 0.25) is 0 Å². The summed E-state index contributed by atoms with van der Waals surface area (Å²) in [5, 5.41) is 6.20. The fourth-order valence-electron chi connectivity index (χ4n) is 4.71. The van der Waals surface area contributed by atoms with Crippen molar-refractivity contribution in [3.8, 4) is 0 Å². The minimum Gasteiger partial charge on any atom is -0.336 e. The molecule has 2 aromatic rings. The number of carbonyl (C=O) groups excluding carboxylic acids is 1. The van der Waals surface area contributed by atoms with E-state index in [1.165, 1.54) is 11.5 Å². The van der Waals surface area contributed by atoms with Gasteiger partial charge in [0.1, 0.15) is 0 Å². The van der Waals surface area contributed by atoms with Crippen LogP contribution in [0.4, 0.5) is 8.78 Å². The number of piperidine rings is 2. The third kappa shape index (κ3) is 3.82. The highest BCUT2D eigenvalue weighted by Crippen LogP contribution is 2.45. The SMILES string of the molecule is Cc1cc(CN2CCC[C@@]3(CN(Cc4cnsc4)CC(F)(F)C3)C2=O)n(C)n1. The minimum atomic E-state index is -2.87. The Balaban J connectivity index is 1.55. The van der Waals surface area contributed by atoms with Crippen molar-refractivity contribution in [3.63, 3.8) is 0 Å². The molecule has 1 spiro atoms. The number of aromatic nitrogens is 3. The second kappa shape index (κ2) is 7.18. The van der Waals surface area contributed by atoms with Gasteiger partial charge in [-0.2, -0.15) is 5.10 Å². The van der Waals surface area contributed by atoms with E-state index in [0.29, 0.717) is 32.6 Å². The van der Waals surface area contributed by atoms with Crippen LogP contribution in [-0.4, -0.2) is 55.4 Å². The summed E-state index contributed by atoms with van der Waals surface area (Å²) >= 11 is 1.31. The maximum absolute atomic E-state index is 14.7. The van der Waals surface area contributed by atoms with E-state index in [0.717, 1.165) is 23.4 Å². The van der Waals surface area contributed by atoms with Gasteiger partial charge in [-0.3, -0.25) is 14.4 Å². The van der Waals surface area contributed by atoms with E-state index in [1.54, 1.807) is 20.7 Å². The van der Waals surface area contributed by atoms with Crippen molar-refractivity contribution < 1.29 is 13.6 Å². The largest absolute Gasteiger partial charge is 0.336 e. The Morgan fingerprint density at radius 3 is 2.79 bits per heavy atom. The molecule has 1 atom stereocenters. The standard InChI is InChI=1S/C19H25F2N5OS/c1-14-6-16(24(2)23-14)9-26-5-3-4-18(17(26)27)11-19(20,21)13-25(12-18)8-15-7-22-28-10-15/h6-7,10H,3-5,8-9,11-13H2,1-2H3/t18-/m1/s1. The third-order valence-electron chi connectivity index (χ3n) is 5.74. The zero-order valence-corrected chi connectivity index (χ0v) is 17.0. The molecule has 152 valence electrons. The minimum absolute atomic E-state index is 0.148. The van der Waals surface area contributed by atoms with Gasteiger partial charge in [-0.05, 0) is 42.9 Å². The van der Waals surface area contributed by atoms with Crippen LogP contribution in [0.15, 0.2) is 17.6 Å². The average Bonchev–Trinajstić information content (AvgIpc) is 3.20. The van der Waals surface area contributed by atoms with Crippen molar-refractivity contribution in [1.82, 2.24) is 24.0 Å². The van der Waals surface area contributed by atoms with Gasteiger partial charge in [-0.1, -0.05) is 0 Å². The monoisotopic (exact) mass is 409 g/mol. The van der Waals surface area contributed by atoms with E-state index in [2.05, 4.69) is 9.47 Å². The van der Waals surface area contributed by atoms with Gasteiger partial charge in [0.25, 0.3) is 5.92 Å². The Morgan fingerprint density at radius 1 is 1.29 bits per heavy atom. The molecule has 0 unspecified atom stereocenters. The van der Waals surface area contributed by atoms with Gasteiger partial charge in [-0.25, -0.2) is 13.2 Å². The molecule has 2 aliphatic rings. The van der Waals surface area contributed by atoms with Crippen molar-refractivity contribution in [2.45, 2.75) is 45.2 Å². The third-order valence-corrected chi connectivity index (χ3v) is 6.38. The number of hydrogen-bond acceptors (Lipinski definition) is 5. The van der Waals surface area contributed by atoms with Crippen molar-refractivity contribution in [2.24, 2.45) is 12.5 Å². The number of hydrogen-bond donors (Lipinski definition) is 0. The molecule has 0 N–H and O–H groups in total. The Labute approximate surface area is 167 Å². The fraction of sp³-hybridized carbons (Fsp3) is 0.632. The van der Waals surface area contributed by atoms with Crippen molar-refractivity contribution in [2.75, 3.05) is 19.6 Å². The van der Waals surface area contributed by atoms with Crippen LogP contribution in [0, 0.1) is 12.3 Å². The van der Waals surface area contributed by atoms with Gasteiger partial charge in [0.2, 0.25) is 5.91 Å². The summed E-state index contributed by atoms with van der Waals surface area (Å²) in [6.07, 6.45) is 2.61. The van der Waals surface area contributed by atoms with Crippen LogP contribution in [0.25, 0.3) is 0 Å². The molecule has 0 bridgehead atoms. The van der Waals surface area contributed by atoms with Crippen molar-refractivity contribution in [1.29, 1.82) is 0 Å². The highest BCUT2D eigenvalue weighted by Gasteiger charge is 2.55. The van der Waals surface area contributed by atoms with E-state index in [-0.39, 0.29) is 18.9 Å². The van der Waals surface area contributed by atoms with Gasteiger partial charge in [0, 0.05) is 44.7 Å². The molecule has 0 aliphatic carbocycles. The summed E-state index contributed by atoms with van der Waals surface area (Å²) in [4.78, 5) is 16.9. The predicted octanol–water partition coefficient (Wildman–Crippen LogP) is 2.84. The molecule has 4 rings (SSSR count). The molecule has 1 amide bonds. The Hall–Kier alpha value is -1.87. The first kappa shape index (κ1) is 19.4. The molecule has 0 aromatic carbocycles. The van der Waals surface area contributed by atoms with Gasteiger partial charge in [0.15, 0.2) is 0 Å². The molecule has 2 fully saturated rings. The number of halogens is 2. The quantitative estimate of drug-likeness (QED) is 0.779. The van der Waals surface area contributed by atoms with E-state index in [4.69, 9.17) is 0 Å². The lowest BCUT2D eigenvalue weighted by molar-refractivity contribution is -0.171. The smallest absolute Gasteiger partial charge is 0.261 e. The molecule has 2 saturated heterocycles. The summed E-state index contributed by atoms with van der Waals surface area (Å²) in [6.45, 7) is 3.39. The number of nitrogens with zero attached hydrogens (tertiary/aromatic N) is 5. The van der Waals surface area contributed by atoms with Gasteiger partial charge in [-0.15, -0.1) is 0 Å². The van der Waals surface area contributed by atoms with Crippen molar-refractivity contribution >= 4 is 17.4 Å². The summed E-state index contributed by atoms with van der Waals surface area (Å²) in [5.74, 6) is -3.02. The lowest BCUT2D eigenvalue weighted by Crippen LogP contribution is -2.60. The van der Waals surface area contributed by atoms with Gasteiger partial charge < -0.3 is 4.90 Å². The molecule has 2 aliphatic heterocycles. The molecule has 2 aromatic heterocycles. The summed E-state index contributed by atoms with van der Waals surface area (Å²) in [6, 6.07) is 1.94. The second-order valence-electron chi connectivity index (χ2n) is 8.22. The average molecular weight is 410 g/mol. The van der Waals surface area contributed by atoms with E-state index in [9.17, 15) is 13.6 Å². The van der Waals surface area contributed by atoms with Crippen LogP contribution < -0.4 is 0 Å². The Morgan fingerprint density at radius 2 is 2.11 bits per heavy atom. The molecule has 9 heteroatoms. The Kier molecular flexibility index (Phi) is 4.99. The number of carbonyl (C=O) groups is 1. The molecule has 0 radical (unpaired) electrons. The zero-order chi connectivity index (χ0) is 19.9. The zero-order valence-electron chi connectivity index (χ0n) is 16.2. The first-order chi connectivity index (χ1) is 13.3. The van der Waals surface area contributed by atoms with Crippen molar-refractivity contribution in [3.05, 3.63) is 34.6 Å². The molecule has 28 heavy (non-hydrogen) atoms. The molecular weight excluding hydrogens is 384 g/mol. The lowest BCUT2D eigenvalue weighted by Gasteiger charge is -2.49. The first-order valence-corrected chi connectivity index (χ1v) is 10.4. The number of rotatable bonds is 4. The highest BCUT2D eigenvalue weighted by atomic mass is 32.1. The van der Waals surface area contributed by atoms with Crippen LogP contribution in [0.3, 0.4) is 0 Å². The second-order valence-corrected chi connectivity index (χ2v) is 8.88. The maximum Gasteiger partial charge on any atom is 0.261 e. The number of amides is 1. The number of likely N-dealkylation sites (tertiary alicyclic amines) is 2. The van der Waals surface area contributed by atoms with Crippen LogP contribution in [-0.2, 0) is 24.9 Å².